The number of piperidine rings is 2. The lowest BCUT2D eigenvalue weighted by Gasteiger charge is -2.51. The highest BCUT2D eigenvalue weighted by molar-refractivity contribution is 6.30. The van der Waals surface area contributed by atoms with Crippen molar-refractivity contribution in [3.8, 4) is 0 Å². The zero-order chi connectivity index (χ0) is 28.7. The van der Waals surface area contributed by atoms with Crippen molar-refractivity contribution in [1.29, 1.82) is 0 Å². The Morgan fingerprint density at radius 2 is 1.80 bits per heavy atom. The van der Waals surface area contributed by atoms with E-state index >= 15 is 0 Å². The first kappa shape index (κ1) is 29.6. The zero-order valence-corrected chi connectivity index (χ0v) is 25.5. The van der Waals surface area contributed by atoms with Crippen molar-refractivity contribution in [2.24, 2.45) is 17.3 Å². The molecule has 1 aromatic carbocycles. The number of benzene rings is 1. The molecule has 1 aliphatic carbocycles. The summed E-state index contributed by atoms with van der Waals surface area (Å²) in [5, 5.41) is 0.115. The van der Waals surface area contributed by atoms with Crippen molar-refractivity contribution in [3.63, 3.8) is 0 Å². The fraction of sp³-hybridized carbons (Fsp3) is 0.750. The topological polar surface area (TPSA) is 53.1 Å². The molecule has 1 saturated carbocycles. The summed E-state index contributed by atoms with van der Waals surface area (Å²) in [6.07, 6.45) is 8.63. The van der Waals surface area contributed by atoms with Gasteiger partial charge in [-0.1, -0.05) is 36.9 Å². The smallest absolute Gasteiger partial charge is 0.410 e. The monoisotopic (exact) mass is 575 g/mol. The lowest BCUT2D eigenvalue weighted by atomic mass is 9.63. The van der Waals surface area contributed by atoms with Crippen molar-refractivity contribution in [2.75, 3.05) is 39.3 Å². The van der Waals surface area contributed by atoms with Crippen LogP contribution in [0.3, 0.4) is 0 Å². The van der Waals surface area contributed by atoms with Crippen LogP contribution in [0.4, 0.5) is 9.18 Å². The van der Waals surface area contributed by atoms with E-state index in [0.717, 1.165) is 57.5 Å². The molecule has 2 atom stereocenters. The average molecular weight is 576 g/mol. The summed E-state index contributed by atoms with van der Waals surface area (Å²) < 4.78 is 19.5. The third-order valence-corrected chi connectivity index (χ3v) is 10.9. The normalized spacial score (nSPS) is 27.7. The maximum Gasteiger partial charge on any atom is 0.410 e. The van der Waals surface area contributed by atoms with Gasteiger partial charge in [0.05, 0.1) is 10.6 Å². The molecule has 1 unspecified atom stereocenters. The van der Waals surface area contributed by atoms with Gasteiger partial charge >= 0.3 is 6.09 Å². The van der Waals surface area contributed by atoms with Gasteiger partial charge in [0.1, 0.15) is 12.4 Å². The van der Waals surface area contributed by atoms with Crippen LogP contribution < -0.4 is 0 Å². The average Bonchev–Trinajstić information content (AvgIpc) is 3.21. The number of hydrogen-bond acceptors (Lipinski definition) is 4. The first-order valence-electron chi connectivity index (χ1n) is 15.4. The van der Waals surface area contributed by atoms with E-state index in [1.807, 2.05) is 4.90 Å². The highest BCUT2D eigenvalue weighted by Gasteiger charge is 2.50. The molecule has 0 N–H and O–H groups in total. The van der Waals surface area contributed by atoms with Crippen LogP contribution in [0.2, 0.25) is 5.02 Å². The van der Waals surface area contributed by atoms with Crippen LogP contribution in [-0.2, 0) is 9.53 Å². The molecule has 3 saturated heterocycles. The maximum absolute atomic E-state index is 14.2. The highest BCUT2D eigenvalue weighted by atomic mass is 35.5. The first-order valence-corrected chi connectivity index (χ1v) is 15.8. The number of likely N-dealkylation sites (tertiary alicyclic amines) is 2. The second-order valence-electron chi connectivity index (χ2n) is 13.7. The molecule has 2 amide bonds. The molecule has 4 fully saturated rings. The maximum atomic E-state index is 14.2. The summed E-state index contributed by atoms with van der Waals surface area (Å²) in [5.41, 5.74) is 0.654. The van der Waals surface area contributed by atoms with Crippen molar-refractivity contribution >= 4 is 23.6 Å². The second-order valence-corrected chi connectivity index (χ2v) is 14.1. The molecular weight excluding hydrogens is 529 g/mol. The third kappa shape index (κ3) is 5.88. The number of halogens is 2. The standard InChI is InChI=1S/C32H47ClFN3O3/c1-22(2)36-15-12-25(26(19-36)23-10-11-28(34)27(33)18-23)29(38)35-16-13-32(14-17-35,24-8-6-5-7-9-24)20-37-30(39)40-21-31(37,3)4/h10-11,18,22,24-26H,5-9,12-17,19-21H2,1-4H3/t25?,26-/m0/s1. The first-order chi connectivity index (χ1) is 19.0. The fourth-order valence-electron chi connectivity index (χ4n) is 7.87. The van der Waals surface area contributed by atoms with Crippen molar-refractivity contribution < 1.29 is 18.7 Å². The van der Waals surface area contributed by atoms with E-state index in [-0.39, 0.29) is 39.8 Å². The van der Waals surface area contributed by atoms with Gasteiger partial charge in [-0.05, 0) is 95.4 Å². The van der Waals surface area contributed by atoms with E-state index in [9.17, 15) is 14.0 Å². The minimum absolute atomic E-state index is 0.0166. The van der Waals surface area contributed by atoms with Crippen molar-refractivity contribution in [3.05, 3.63) is 34.6 Å². The van der Waals surface area contributed by atoms with E-state index in [4.69, 9.17) is 16.3 Å². The fourth-order valence-corrected chi connectivity index (χ4v) is 8.06. The Morgan fingerprint density at radius 3 is 2.40 bits per heavy atom. The zero-order valence-electron chi connectivity index (χ0n) is 24.8. The Morgan fingerprint density at radius 1 is 1.10 bits per heavy atom. The summed E-state index contributed by atoms with van der Waals surface area (Å²) in [6, 6.07) is 5.32. The predicted molar refractivity (Wildman–Crippen MR) is 156 cm³/mol. The van der Waals surface area contributed by atoms with Gasteiger partial charge in [0.15, 0.2) is 0 Å². The Balaban J connectivity index is 1.34. The number of rotatable bonds is 6. The minimum Gasteiger partial charge on any atom is -0.447 e. The lowest BCUT2D eigenvalue weighted by molar-refractivity contribution is -0.142. The highest BCUT2D eigenvalue weighted by Crippen LogP contribution is 2.48. The molecular formula is C32H47ClFN3O3. The van der Waals surface area contributed by atoms with Crippen LogP contribution in [0.25, 0.3) is 0 Å². The van der Waals surface area contributed by atoms with Gasteiger partial charge in [-0.2, -0.15) is 0 Å². The quantitative estimate of drug-likeness (QED) is 0.378. The number of ether oxygens (including phenoxy) is 1. The van der Waals surface area contributed by atoms with E-state index in [1.165, 1.54) is 38.2 Å². The van der Waals surface area contributed by atoms with Crippen molar-refractivity contribution in [2.45, 2.75) is 96.6 Å². The number of nitrogens with zero attached hydrogens (tertiary/aromatic N) is 3. The number of amides is 2. The Labute approximate surface area is 244 Å². The SMILES string of the molecule is CC(C)N1CCC(C(=O)N2CCC(CN3C(=O)OCC3(C)C)(C3CCCCC3)CC2)[C@H](c2ccc(F)c(Cl)c2)C1. The molecule has 0 spiro atoms. The van der Waals surface area contributed by atoms with Crippen LogP contribution in [0.1, 0.15) is 90.5 Å². The van der Waals surface area contributed by atoms with Crippen LogP contribution in [0.5, 0.6) is 0 Å². The summed E-state index contributed by atoms with van der Waals surface area (Å²) in [5.74, 6) is 0.196. The molecule has 0 aromatic heterocycles. The van der Waals surface area contributed by atoms with Gasteiger partial charge in [-0.3, -0.25) is 9.69 Å². The van der Waals surface area contributed by atoms with E-state index in [1.54, 1.807) is 12.1 Å². The summed E-state index contributed by atoms with van der Waals surface area (Å²) in [6.45, 7) is 12.8. The Kier molecular flexibility index (Phi) is 8.73. The van der Waals surface area contributed by atoms with Gasteiger partial charge in [0.2, 0.25) is 5.91 Å². The number of carbonyl (C=O) groups is 2. The summed E-state index contributed by atoms with van der Waals surface area (Å²) in [4.78, 5) is 33.4. The third-order valence-electron chi connectivity index (χ3n) is 10.6. The summed E-state index contributed by atoms with van der Waals surface area (Å²) >= 11 is 6.19. The van der Waals surface area contributed by atoms with Gasteiger partial charge in [-0.15, -0.1) is 0 Å². The van der Waals surface area contributed by atoms with E-state index in [0.29, 0.717) is 18.6 Å². The molecule has 0 radical (unpaired) electrons. The second kappa shape index (κ2) is 11.8. The van der Waals surface area contributed by atoms with Gasteiger partial charge in [0, 0.05) is 44.1 Å². The molecule has 4 aliphatic rings. The molecule has 0 bridgehead atoms. The summed E-state index contributed by atoms with van der Waals surface area (Å²) in [7, 11) is 0. The molecule has 1 aromatic rings. The van der Waals surface area contributed by atoms with E-state index in [2.05, 4.69) is 37.5 Å². The van der Waals surface area contributed by atoms with E-state index < -0.39 is 5.82 Å². The largest absolute Gasteiger partial charge is 0.447 e. The Bertz CT molecular complexity index is 1080. The molecule has 6 nitrogen and oxygen atoms in total. The molecule has 5 rings (SSSR count). The van der Waals surface area contributed by atoms with Crippen LogP contribution in [0, 0.1) is 23.1 Å². The minimum atomic E-state index is -0.426. The number of carbonyl (C=O) groups excluding carboxylic acids is 2. The molecule has 3 aliphatic heterocycles. The van der Waals surface area contributed by atoms with Gasteiger partial charge < -0.3 is 14.5 Å². The van der Waals surface area contributed by atoms with Gasteiger partial charge in [-0.25, -0.2) is 9.18 Å². The number of cyclic esters (lactones) is 1. The molecule has 3 heterocycles. The molecule has 40 heavy (non-hydrogen) atoms. The Hall–Kier alpha value is -1.86. The van der Waals surface area contributed by atoms with Crippen LogP contribution >= 0.6 is 11.6 Å². The molecule has 8 heteroatoms. The lowest BCUT2D eigenvalue weighted by Crippen LogP contribution is -2.56. The van der Waals surface area contributed by atoms with Gasteiger partial charge in [0.25, 0.3) is 0 Å². The van der Waals surface area contributed by atoms with Crippen molar-refractivity contribution in [1.82, 2.24) is 14.7 Å². The van der Waals surface area contributed by atoms with Crippen LogP contribution in [-0.4, -0.2) is 77.6 Å². The molecule has 222 valence electrons. The van der Waals surface area contributed by atoms with Crippen LogP contribution in [0.15, 0.2) is 18.2 Å². The number of hydrogen-bond donors (Lipinski definition) is 0. The predicted octanol–water partition coefficient (Wildman–Crippen LogP) is 6.71.